The highest BCUT2D eigenvalue weighted by Gasteiger charge is 2.18. The molecule has 5 rings (SSSR count). The maximum absolute atomic E-state index is 5.66. The van der Waals surface area contributed by atoms with Crippen LogP contribution in [0.25, 0.3) is 17.0 Å². The highest BCUT2D eigenvalue weighted by Crippen LogP contribution is 2.34. The normalized spacial score (nSPS) is 16.3. The Morgan fingerprint density at radius 2 is 1.83 bits per heavy atom. The molecule has 0 amide bonds. The SMILES string of the molecule is c1cc2c(cc1-c1cn3c4c(nnc3n1)CCCC4)OCCO2. The van der Waals surface area contributed by atoms with E-state index in [1.165, 1.54) is 18.5 Å². The van der Waals surface area contributed by atoms with Gasteiger partial charge in [-0.3, -0.25) is 4.40 Å². The molecular formula is C17H16N4O2. The summed E-state index contributed by atoms with van der Waals surface area (Å²) < 4.78 is 13.3. The van der Waals surface area contributed by atoms with Crippen molar-refractivity contribution >= 4 is 5.78 Å². The van der Waals surface area contributed by atoms with Gasteiger partial charge in [0.1, 0.15) is 13.2 Å². The lowest BCUT2D eigenvalue weighted by Gasteiger charge is -2.18. The van der Waals surface area contributed by atoms with Crippen LogP contribution in [0.2, 0.25) is 0 Å². The molecule has 1 aliphatic carbocycles. The first-order valence-electron chi connectivity index (χ1n) is 8.02. The quantitative estimate of drug-likeness (QED) is 0.691. The fourth-order valence-corrected chi connectivity index (χ4v) is 3.33. The van der Waals surface area contributed by atoms with Gasteiger partial charge in [-0.05, 0) is 43.9 Å². The Bertz CT molecular complexity index is 903. The third-order valence-electron chi connectivity index (χ3n) is 4.49. The molecule has 1 aliphatic heterocycles. The average Bonchev–Trinajstić information content (AvgIpc) is 3.06. The zero-order valence-electron chi connectivity index (χ0n) is 12.7. The highest BCUT2D eigenvalue weighted by atomic mass is 16.6. The van der Waals surface area contributed by atoms with Gasteiger partial charge in [0.2, 0.25) is 0 Å². The fourth-order valence-electron chi connectivity index (χ4n) is 3.33. The summed E-state index contributed by atoms with van der Waals surface area (Å²) in [6.45, 7) is 1.18. The monoisotopic (exact) mass is 308 g/mol. The van der Waals surface area contributed by atoms with E-state index in [9.17, 15) is 0 Å². The van der Waals surface area contributed by atoms with Gasteiger partial charge >= 0.3 is 0 Å². The van der Waals surface area contributed by atoms with Gasteiger partial charge in [-0.2, -0.15) is 5.10 Å². The summed E-state index contributed by atoms with van der Waals surface area (Å²) >= 11 is 0. The number of aryl methyl sites for hydroxylation is 2. The number of rotatable bonds is 1. The number of aromatic nitrogens is 4. The topological polar surface area (TPSA) is 61.5 Å². The maximum atomic E-state index is 5.66. The van der Waals surface area contributed by atoms with Crippen molar-refractivity contribution in [1.82, 2.24) is 19.6 Å². The molecule has 0 spiro atoms. The van der Waals surface area contributed by atoms with Crippen molar-refractivity contribution in [2.24, 2.45) is 0 Å². The van der Waals surface area contributed by atoms with E-state index in [1.807, 2.05) is 18.2 Å². The lowest BCUT2D eigenvalue weighted by Crippen LogP contribution is -2.15. The Morgan fingerprint density at radius 3 is 2.78 bits per heavy atom. The van der Waals surface area contributed by atoms with Crippen molar-refractivity contribution in [3.63, 3.8) is 0 Å². The van der Waals surface area contributed by atoms with E-state index in [2.05, 4.69) is 25.8 Å². The number of hydrogen-bond donors (Lipinski definition) is 0. The predicted octanol–water partition coefficient (Wildman–Crippen LogP) is 2.44. The molecule has 1 aromatic carbocycles. The molecule has 0 saturated heterocycles. The maximum Gasteiger partial charge on any atom is 0.254 e. The average molecular weight is 308 g/mol. The zero-order chi connectivity index (χ0) is 15.2. The summed E-state index contributed by atoms with van der Waals surface area (Å²) in [5.74, 6) is 2.23. The first kappa shape index (κ1) is 12.9. The molecule has 0 unspecified atom stereocenters. The number of ether oxygens (including phenoxy) is 2. The van der Waals surface area contributed by atoms with E-state index in [-0.39, 0.29) is 0 Å². The lowest BCUT2D eigenvalue weighted by atomic mass is 10.0. The van der Waals surface area contributed by atoms with Crippen molar-refractivity contribution in [3.8, 4) is 22.8 Å². The molecule has 0 saturated carbocycles. The number of nitrogens with zero attached hydrogens (tertiary/aromatic N) is 4. The molecule has 0 N–H and O–H groups in total. The van der Waals surface area contributed by atoms with Gasteiger partial charge in [0.05, 0.1) is 11.4 Å². The summed E-state index contributed by atoms with van der Waals surface area (Å²) in [5.41, 5.74) is 4.24. The predicted molar refractivity (Wildman–Crippen MR) is 83.9 cm³/mol. The Hall–Kier alpha value is -2.63. The summed E-state index contributed by atoms with van der Waals surface area (Å²) in [4.78, 5) is 4.63. The van der Waals surface area contributed by atoms with E-state index in [0.717, 1.165) is 41.3 Å². The van der Waals surface area contributed by atoms with Gasteiger partial charge in [-0.15, -0.1) is 5.10 Å². The molecule has 3 aromatic rings. The van der Waals surface area contributed by atoms with Crippen LogP contribution >= 0.6 is 0 Å². The Morgan fingerprint density at radius 1 is 0.957 bits per heavy atom. The summed E-state index contributed by atoms with van der Waals surface area (Å²) in [7, 11) is 0. The van der Waals surface area contributed by atoms with Crippen LogP contribution in [0, 0.1) is 0 Å². The standard InChI is InChI=1S/C17H16N4O2/c1-2-4-14-12(3-1)19-20-17-18-13(10-21(14)17)11-5-6-15-16(9-11)23-8-7-22-15/h5-6,9-10H,1-4,7-8H2. The van der Waals surface area contributed by atoms with Gasteiger partial charge in [0, 0.05) is 17.5 Å². The second-order valence-corrected chi connectivity index (χ2v) is 5.96. The molecule has 2 aromatic heterocycles. The molecule has 0 atom stereocenters. The van der Waals surface area contributed by atoms with Crippen LogP contribution in [-0.2, 0) is 12.8 Å². The van der Waals surface area contributed by atoms with E-state index in [4.69, 9.17) is 9.47 Å². The van der Waals surface area contributed by atoms with Crippen LogP contribution < -0.4 is 9.47 Å². The molecular weight excluding hydrogens is 292 g/mol. The largest absolute Gasteiger partial charge is 0.486 e. The van der Waals surface area contributed by atoms with E-state index in [1.54, 1.807) is 0 Å². The van der Waals surface area contributed by atoms with Crippen molar-refractivity contribution in [3.05, 3.63) is 35.8 Å². The van der Waals surface area contributed by atoms with Gasteiger partial charge in [0.25, 0.3) is 5.78 Å². The minimum absolute atomic E-state index is 0.584. The van der Waals surface area contributed by atoms with Crippen LogP contribution in [0.5, 0.6) is 11.5 Å². The molecule has 23 heavy (non-hydrogen) atoms. The zero-order valence-corrected chi connectivity index (χ0v) is 12.7. The van der Waals surface area contributed by atoms with Gasteiger partial charge in [-0.25, -0.2) is 4.98 Å². The minimum Gasteiger partial charge on any atom is -0.486 e. The Kier molecular flexibility index (Phi) is 2.76. The number of benzene rings is 1. The second-order valence-electron chi connectivity index (χ2n) is 5.96. The van der Waals surface area contributed by atoms with Crippen molar-refractivity contribution in [2.75, 3.05) is 13.2 Å². The first-order chi connectivity index (χ1) is 11.4. The van der Waals surface area contributed by atoms with E-state index >= 15 is 0 Å². The van der Waals surface area contributed by atoms with Gasteiger partial charge in [-0.1, -0.05) is 0 Å². The molecule has 3 heterocycles. The van der Waals surface area contributed by atoms with Crippen LogP contribution in [0.15, 0.2) is 24.4 Å². The summed E-state index contributed by atoms with van der Waals surface area (Å²) in [6, 6.07) is 5.93. The van der Waals surface area contributed by atoms with E-state index in [0.29, 0.717) is 19.0 Å². The smallest absolute Gasteiger partial charge is 0.254 e. The molecule has 0 fully saturated rings. The van der Waals surface area contributed by atoms with Crippen molar-refractivity contribution in [1.29, 1.82) is 0 Å². The number of imidazole rings is 1. The minimum atomic E-state index is 0.584. The summed E-state index contributed by atoms with van der Waals surface area (Å²) in [5, 5.41) is 8.62. The third-order valence-corrected chi connectivity index (χ3v) is 4.49. The van der Waals surface area contributed by atoms with Crippen LogP contribution in [-0.4, -0.2) is 32.8 Å². The molecule has 116 valence electrons. The number of hydrogen-bond acceptors (Lipinski definition) is 5. The molecule has 0 bridgehead atoms. The Labute approximate surface area is 133 Å². The van der Waals surface area contributed by atoms with Gasteiger partial charge < -0.3 is 9.47 Å². The third kappa shape index (κ3) is 2.05. The van der Waals surface area contributed by atoms with Crippen LogP contribution in [0.1, 0.15) is 24.2 Å². The second kappa shape index (κ2) is 4.94. The summed E-state index contributed by atoms with van der Waals surface area (Å²) in [6.07, 6.45) is 6.50. The fraction of sp³-hybridized carbons (Fsp3) is 0.353. The molecule has 6 heteroatoms. The van der Waals surface area contributed by atoms with Crippen molar-refractivity contribution in [2.45, 2.75) is 25.7 Å². The molecule has 0 radical (unpaired) electrons. The Balaban J connectivity index is 1.63. The first-order valence-corrected chi connectivity index (χ1v) is 8.02. The van der Waals surface area contributed by atoms with E-state index < -0.39 is 0 Å². The van der Waals surface area contributed by atoms with Crippen LogP contribution in [0.3, 0.4) is 0 Å². The highest BCUT2D eigenvalue weighted by molar-refractivity contribution is 5.65. The lowest BCUT2D eigenvalue weighted by molar-refractivity contribution is 0.171. The molecule has 2 aliphatic rings. The van der Waals surface area contributed by atoms with Crippen molar-refractivity contribution < 1.29 is 9.47 Å². The number of fused-ring (bicyclic) bond motifs is 4. The van der Waals surface area contributed by atoms with Gasteiger partial charge in [0.15, 0.2) is 11.5 Å². The molecule has 6 nitrogen and oxygen atoms in total. The van der Waals surface area contributed by atoms with Crippen LogP contribution in [0.4, 0.5) is 0 Å².